The molecule has 4 aromatic carbocycles. The van der Waals surface area contributed by atoms with E-state index in [2.05, 4.69) is 53.6 Å². The van der Waals surface area contributed by atoms with Gasteiger partial charge in [0, 0.05) is 30.3 Å². The zero-order valence-corrected chi connectivity index (χ0v) is 28.9. The molecule has 248 valence electrons. The molecular weight excluding hydrogens is 588 g/mol. The van der Waals surface area contributed by atoms with Crippen LogP contribution in [0.2, 0.25) is 0 Å². The van der Waals surface area contributed by atoms with Gasteiger partial charge < -0.3 is 19.9 Å². The lowest BCUT2D eigenvalue weighted by Crippen LogP contribution is -2.22. The normalized spacial score (nSPS) is 12.6. The molecule has 0 saturated carbocycles. The number of phenolic OH excluding ortho intramolecular Hbond substituents is 1. The summed E-state index contributed by atoms with van der Waals surface area (Å²) in [5.41, 5.74) is 6.92. The van der Waals surface area contributed by atoms with Crippen molar-refractivity contribution >= 4 is 33.8 Å². The molecule has 1 atom stereocenters. The summed E-state index contributed by atoms with van der Waals surface area (Å²) in [7, 11) is 3.32. The first-order valence-electron chi connectivity index (χ1n) is 15.9. The number of aryl methyl sites for hydroxylation is 1. The van der Waals surface area contributed by atoms with Crippen LogP contribution in [0.4, 0.5) is 0 Å². The fourth-order valence-electron chi connectivity index (χ4n) is 4.66. The number of aromatic hydroxyl groups is 1. The minimum absolute atomic E-state index is 0.0144. The van der Waals surface area contributed by atoms with E-state index < -0.39 is 0 Å². The molecule has 2 N–H and O–H groups in total. The van der Waals surface area contributed by atoms with Crippen molar-refractivity contribution in [3.8, 4) is 17.2 Å². The van der Waals surface area contributed by atoms with Crippen LogP contribution < -0.4 is 14.8 Å². The quantitative estimate of drug-likeness (QED) is 0.122. The highest BCUT2D eigenvalue weighted by molar-refractivity contribution is 6.14. The molecule has 1 unspecified atom stereocenters. The standard InChI is InChI=1S/C24H31N3O2.C15H17NO2/c1-7-16(2)19(5)27-26-18(4)15-25-24(20-9-11-21(28)12-10-20)23-14-22(29-6)13-8-17(23)3;1-11(17)16-8-7-12-3-4-14-10-15(18-2)6-5-13(14)9-12/h8-14,16,28H,7,15H2,1-6H3;3-6,9-10H,7-8H2,1-2H3,(H,16,17)/b25-24?,26-18+,27-19-;. The zero-order valence-electron chi connectivity index (χ0n) is 28.9. The average Bonchev–Trinajstić information content (AvgIpc) is 3.08. The monoisotopic (exact) mass is 636 g/mol. The van der Waals surface area contributed by atoms with Gasteiger partial charge in [-0.05, 0) is 110 Å². The molecule has 0 aliphatic heterocycles. The van der Waals surface area contributed by atoms with Crippen molar-refractivity contribution in [2.75, 3.05) is 27.3 Å². The molecule has 8 heteroatoms. The molecule has 0 aromatic heterocycles. The second kappa shape index (κ2) is 18.2. The van der Waals surface area contributed by atoms with Gasteiger partial charge in [0.25, 0.3) is 0 Å². The van der Waals surface area contributed by atoms with Gasteiger partial charge in [-0.15, -0.1) is 0 Å². The molecular formula is C39H48N4O4. The summed E-state index contributed by atoms with van der Waals surface area (Å²) >= 11 is 0. The van der Waals surface area contributed by atoms with Crippen molar-refractivity contribution in [2.45, 2.75) is 54.4 Å². The predicted molar refractivity (Wildman–Crippen MR) is 195 cm³/mol. The smallest absolute Gasteiger partial charge is 0.216 e. The topological polar surface area (TPSA) is 105 Å². The molecule has 47 heavy (non-hydrogen) atoms. The third-order valence-electron chi connectivity index (χ3n) is 7.91. The largest absolute Gasteiger partial charge is 0.508 e. The maximum Gasteiger partial charge on any atom is 0.216 e. The number of nitrogens with one attached hydrogen (secondary N) is 1. The second-order valence-corrected chi connectivity index (χ2v) is 11.6. The number of aliphatic imine (C=N–C) groups is 1. The Morgan fingerprint density at radius 2 is 1.49 bits per heavy atom. The Bertz CT molecular complexity index is 1730. The van der Waals surface area contributed by atoms with E-state index in [0.717, 1.165) is 63.6 Å². The molecule has 0 radical (unpaired) electrons. The van der Waals surface area contributed by atoms with E-state index in [-0.39, 0.29) is 11.7 Å². The summed E-state index contributed by atoms with van der Waals surface area (Å²) in [6.07, 6.45) is 1.89. The van der Waals surface area contributed by atoms with E-state index in [9.17, 15) is 9.90 Å². The molecule has 0 saturated heterocycles. The Morgan fingerprint density at radius 1 is 0.851 bits per heavy atom. The summed E-state index contributed by atoms with van der Waals surface area (Å²) in [6, 6.07) is 25.4. The highest BCUT2D eigenvalue weighted by Gasteiger charge is 2.12. The number of nitrogens with zero attached hydrogens (tertiary/aromatic N) is 3. The fourth-order valence-corrected chi connectivity index (χ4v) is 4.66. The Hall–Kier alpha value is -4.98. The third kappa shape index (κ3) is 11.4. The molecule has 4 rings (SSSR count). The maximum atomic E-state index is 10.8. The van der Waals surface area contributed by atoms with Gasteiger partial charge in [0.2, 0.25) is 5.91 Å². The summed E-state index contributed by atoms with van der Waals surface area (Å²) in [5, 5.41) is 23.5. The van der Waals surface area contributed by atoms with Crippen LogP contribution in [-0.4, -0.2) is 55.5 Å². The van der Waals surface area contributed by atoms with E-state index in [1.807, 2.05) is 63.2 Å². The van der Waals surface area contributed by atoms with Crippen LogP contribution >= 0.6 is 0 Å². The van der Waals surface area contributed by atoms with E-state index in [4.69, 9.17) is 14.5 Å². The highest BCUT2D eigenvalue weighted by atomic mass is 16.5. The van der Waals surface area contributed by atoms with Crippen LogP contribution in [0.5, 0.6) is 17.2 Å². The van der Waals surface area contributed by atoms with Crippen molar-refractivity contribution in [2.24, 2.45) is 21.1 Å². The minimum atomic E-state index is 0.0144. The number of hydrogen-bond donors (Lipinski definition) is 2. The molecule has 0 fully saturated rings. The van der Waals surface area contributed by atoms with Gasteiger partial charge in [0.15, 0.2) is 0 Å². The molecule has 8 nitrogen and oxygen atoms in total. The van der Waals surface area contributed by atoms with Gasteiger partial charge in [0.05, 0.1) is 32.2 Å². The number of fused-ring (bicyclic) bond motifs is 1. The number of ether oxygens (including phenoxy) is 2. The molecule has 0 aliphatic rings. The summed E-state index contributed by atoms with van der Waals surface area (Å²) in [4.78, 5) is 15.6. The van der Waals surface area contributed by atoms with E-state index in [1.54, 1.807) is 26.4 Å². The third-order valence-corrected chi connectivity index (χ3v) is 7.91. The summed E-state index contributed by atoms with van der Waals surface area (Å²) < 4.78 is 10.6. The second-order valence-electron chi connectivity index (χ2n) is 11.6. The average molecular weight is 637 g/mol. The van der Waals surface area contributed by atoms with Crippen LogP contribution in [0.1, 0.15) is 63.3 Å². The van der Waals surface area contributed by atoms with Crippen molar-refractivity contribution in [1.82, 2.24) is 5.32 Å². The summed E-state index contributed by atoms with van der Waals surface area (Å²) in [5.74, 6) is 2.30. The summed E-state index contributed by atoms with van der Waals surface area (Å²) in [6.45, 7) is 12.9. The number of phenols is 1. The lowest BCUT2D eigenvalue weighted by molar-refractivity contribution is -0.118. The minimum Gasteiger partial charge on any atom is -0.508 e. The van der Waals surface area contributed by atoms with Crippen LogP contribution in [0, 0.1) is 12.8 Å². The first-order chi connectivity index (χ1) is 22.5. The van der Waals surface area contributed by atoms with Crippen molar-refractivity contribution in [1.29, 1.82) is 0 Å². The predicted octanol–water partition coefficient (Wildman–Crippen LogP) is 7.96. The number of carbonyl (C=O) groups excluding carboxylic acids is 1. The van der Waals surface area contributed by atoms with Crippen LogP contribution in [-0.2, 0) is 11.2 Å². The lowest BCUT2D eigenvalue weighted by atomic mass is 9.97. The molecule has 0 bridgehead atoms. The van der Waals surface area contributed by atoms with Crippen molar-refractivity contribution in [3.05, 3.63) is 101 Å². The van der Waals surface area contributed by atoms with Crippen LogP contribution in [0.3, 0.4) is 0 Å². The Balaban J connectivity index is 0.000000284. The van der Waals surface area contributed by atoms with Gasteiger partial charge in [-0.2, -0.15) is 10.2 Å². The molecule has 0 aliphatic carbocycles. The van der Waals surface area contributed by atoms with Gasteiger partial charge in [-0.1, -0.05) is 44.2 Å². The number of amides is 1. The Morgan fingerprint density at radius 3 is 2.15 bits per heavy atom. The van der Waals surface area contributed by atoms with Gasteiger partial charge in [-0.3, -0.25) is 9.79 Å². The number of hydrogen-bond acceptors (Lipinski definition) is 7. The zero-order chi connectivity index (χ0) is 34.3. The Labute approximate surface area is 279 Å². The first kappa shape index (κ1) is 36.5. The molecule has 4 aromatic rings. The van der Waals surface area contributed by atoms with Crippen LogP contribution in [0.25, 0.3) is 10.8 Å². The fraction of sp³-hybridized carbons (Fsp3) is 0.333. The Kier molecular flexibility index (Phi) is 14.2. The SMILES string of the molecule is CCC(C)/C(C)=N\N=C(/C)CN=C(c1ccc(O)cc1)c1cc(OC)ccc1C.COc1ccc2cc(CCNC(C)=O)ccc2c1. The van der Waals surface area contributed by atoms with Crippen LogP contribution in [0.15, 0.2) is 94.1 Å². The van der Waals surface area contributed by atoms with Crippen molar-refractivity contribution < 1.29 is 19.4 Å². The van der Waals surface area contributed by atoms with E-state index >= 15 is 0 Å². The number of benzene rings is 4. The number of methoxy groups -OCH3 is 2. The van der Waals surface area contributed by atoms with Gasteiger partial charge in [-0.25, -0.2) is 0 Å². The van der Waals surface area contributed by atoms with Gasteiger partial charge >= 0.3 is 0 Å². The molecule has 0 spiro atoms. The first-order valence-corrected chi connectivity index (χ1v) is 15.9. The maximum absolute atomic E-state index is 10.8. The van der Waals surface area contributed by atoms with E-state index in [0.29, 0.717) is 19.0 Å². The molecule has 1 amide bonds. The van der Waals surface area contributed by atoms with E-state index in [1.165, 1.54) is 17.9 Å². The van der Waals surface area contributed by atoms with Crippen molar-refractivity contribution in [3.63, 3.8) is 0 Å². The van der Waals surface area contributed by atoms with Gasteiger partial charge in [0.1, 0.15) is 17.2 Å². The molecule has 0 heterocycles. The lowest BCUT2D eigenvalue weighted by Gasteiger charge is -2.12. The number of rotatable bonds is 12. The number of carbonyl (C=O) groups is 1. The highest BCUT2D eigenvalue weighted by Crippen LogP contribution is 2.23.